The van der Waals surface area contributed by atoms with Crippen LogP contribution in [0.2, 0.25) is 10.0 Å². The summed E-state index contributed by atoms with van der Waals surface area (Å²) < 4.78 is 33.1. The molecule has 0 saturated heterocycles. The number of carbonyl (C=O) groups excluding carboxylic acids is 1. The van der Waals surface area contributed by atoms with E-state index < -0.39 is 10.0 Å². The van der Waals surface area contributed by atoms with Crippen molar-refractivity contribution in [2.24, 2.45) is 0 Å². The normalized spacial score (nSPS) is 11.1. The Labute approximate surface area is 169 Å². The molecule has 0 spiro atoms. The van der Waals surface area contributed by atoms with Crippen LogP contribution in [0.25, 0.3) is 0 Å². The van der Waals surface area contributed by atoms with Gasteiger partial charge in [-0.3, -0.25) is 9.52 Å². The van der Waals surface area contributed by atoms with Crippen molar-refractivity contribution in [3.05, 3.63) is 52.0 Å². The smallest absolute Gasteiger partial charge is 0.263 e. The number of amides is 1. The van der Waals surface area contributed by atoms with Crippen molar-refractivity contribution in [1.82, 2.24) is 4.90 Å². The molecule has 0 fully saturated rings. The van der Waals surface area contributed by atoms with Gasteiger partial charge >= 0.3 is 0 Å². The number of para-hydroxylation sites is 1. The third kappa shape index (κ3) is 4.48. The Hall–Kier alpha value is -1.96. The second kappa shape index (κ2) is 8.82. The summed E-state index contributed by atoms with van der Waals surface area (Å²) in [7, 11) is -2.68. The molecule has 27 heavy (non-hydrogen) atoms. The Bertz CT molecular complexity index is 944. The van der Waals surface area contributed by atoms with Crippen molar-refractivity contribution in [3.8, 4) is 5.75 Å². The molecule has 0 aromatic heterocycles. The van der Waals surface area contributed by atoms with Crippen LogP contribution in [-0.4, -0.2) is 39.4 Å². The second-order valence-corrected chi connectivity index (χ2v) is 7.93. The molecule has 1 N–H and O–H groups in total. The van der Waals surface area contributed by atoms with Gasteiger partial charge in [-0.25, -0.2) is 8.42 Å². The summed E-state index contributed by atoms with van der Waals surface area (Å²) in [6.45, 7) is 4.73. The minimum atomic E-state index is -4.08. The van der Waals surface area contributed by atoms with Crippen LogP contribution in [0.15, 0.2) is 41.3 Å². The summed E-state index contributed by atoms with van der Waals surface area (Å²) in [5.41, 5.74) is 0.415. The van der Waals surface area contributed by atoms with E-state index in [0.29, 0.717) is 13.1 Å². The van der Waals surface area contributed by atoms with Gasteiger partial charge in [0.25, 0.3) is 15.9 Å². The highest BCUT2D eigenvalue weighted by atomic mass is 35.5. The lowest BCUT2D eigenvalue weighted by Gasteiger charge is -2.21. The Balaban J connectivity index is 2.46. The maximum atomic E-state index is 12.8. The maximum Gasteiger partial charge on any atom is 0.263 e. The van der Waals surface area contributed by atoms with E-state index in [1.54, 1.807) is 23.1 Å². The van der Waals surface area contributed by atoms with Gasteiger partial charge in [-0.1, -0.05) is 35.3 Å². The molecule has 146 valence electrons. The van der Waals surface area contributed by atoms with Crippen LogP contribution in [0.3, 0.4) is 0 Å². The van der Waals surface area contributed by atoms with Gasteiger partial charge < -0.3 is 9.64 Å². The van der Waals surface area contributed by atoms with Gasteiger partial charge in [0.05, 0.1) is 23.4 Å². The number of nitrogens with one attached hydrogen (secondary N) is 1. The third-order valence-electron chi connectivity index (χ3n) is 3.97. The van der Waals surface area contributed by atoms with Gasteiger partial charge in [-0.15, -0.1) is 0 Å². The number of ether oxygens (including phenoxy) is 1. The monoisotopic (exact) mass is 430 g/mol. The van der Waals surface area contributed by atoms with E-state index in [2.05, 4.69) is 4.72 Å². The fourth-order valence-electron chi connectivity index (χ4n) is 2.52. The SMILES string of the molecule is CCN(CC)C(=O)c1ccccc1NS(=O)(=O)c1ccc(OC)c(Cl)c1Cl. The number of hydrogen-bond donors (Lipinski definition) is 1. The number of hydrogen-bond acceptors (Lipinski definition) is 4. The number of benzene rings is 2. The first-order valence-corrected chi connectivity index (χ1v) is 10.4. The lowest BCUT2D eigenvalue weighted by molar-refractivity contribution is 0.0774. The Kier molecular flexibility index (Phi) is 6.97. The van der Waals surface area contributed by atoms with E-state index in [9.17, 15) is 13.2 Å². The molecule has 0 aliphatic heterocycles. The van der Waals surface area contributed by atoms with Crippen LogP contribution in [-0.2, 0) is 10.0 Å². The van der Waals surface area contributed by atoms with Gasteiger partial charge in [0.15, 0.2) is 0 Å². The van der Waals surface area contributed by atoms with Crippen LogP contribution in [0.1, 0.15) is 24.2 Å². The second-order valence-electron chi connectivity index (χ2n) is 5.52. The Morgan fingerprint density at radius 1 is 1.07 bits per heavy atom. The van der Waals surface area contributed by atoms with Crippen molar-refractivity contribution < 1.29 is 17.9 Å². The van der Waals surface area contributed by atoms with Gasteiger partial charge in [-0.2, -0.15) is 0 Å². The zero-order valence-electron chi connectivity index (χ0n) is 15.1. The average Bonchev–Trinajstić information content (AvgIpc) is 2.64. The standard InChI is InChI=1S/C18H20Cl2N2O4S/c1-4-22(5-2)18(23)12-8-6-7-9-13(12)21-27(24,25)15-11-10-14(26-3)16(19)17(15)20/h6-11,21H,4-5H2,1-3H3. The molecule has 0 heterocycles. The minimum Gasteiger partial charge on any atom is -0.495 e. The average molecular weight is 431 g/mol. The van der Waals surface area contributed by atoms with Crippen LogP contribution in [0.4, 0.5) is 5.69 Å². The molecule has 0 bridgehead atoms. The van der Waals surface area contributed by atoms with Crippen LogP contribution >= 0.6 is 23.2 Å². The minimum absolute atomic E-state index is 0.00505. The molecule has 0 radical (unpaired) electrons. The Morgan fingerprint density at radius 3 is 2.30 bits per heavy atom. The van der Waals surface area contributed by atoms with Crippen LogP contribution < -0.4 is 9.46 Å². The summed E-state index contributed by atoms with van der Waals surface area (Å²) >= 11 is 12.2. The van der Waals surface area contributed by atoms with Crippen molar-refractivity contribution >= 4 is 44.8 Å². The number of nitrogens with zero attached hydrogens (tertiary/aromatic N) is 1. The van der Waals surface area contributed by atoms with E-state index in [-0.39, 0.29) is 37.8 Å². The van der Waals surface area contributed by atoms with Crippen LogP contribution in [0, 0.1) is 0 Å². The maximum absolute atomic E-state index is 12.8. The number of methoxy groups -OCH3 is 1. The molecule has 2 rings (SSSR count). The molecule has 1 amide bonds. The van der Waals surface area contributed by atoms with E-state index in [1.807, 2.05) is 13.8 Å². The molecule has 6 nitrogen and oxygen atoms in total. The van der Waals surface area contributed by atoms with Gasteiger partial charge in [0.2, 0.25) is 0 Å². The van der Waals surface area contributed by atoms with E-state index >= 15 is 0 Å². The highest BCUT2D eigenvalue weighted by Crippen LogP contribution is 2.37. The fraction of sp³-hybridized carbons (Fsp3) is 0.278. The number of sulfonamides is 1. The topological polar surface area (TPSA) is 75.7 Å². The summed E-state index contributed by atoms with van der Waals surface area (Å²) in [5.74, 6) is -0.00473. The largest absolute Gasteiger partial charge is 0.495 e. The molecule has 0 aliphatic rings. The summed E-state index contributed by atoms with van der Waals surface area (Å²) in [4.78, 5) is 14.1. The number of carbonyl (C=O) groups is 1. The predicted molar refractivity (Wildman–Crippen MR) is 108 cm³/mol. The first kappa shape index (κ1) is 21.3. The number of anilines is 1. The quantitative estimate of drug-likeness (QED) is 0.710. The molecule has 0 atom stereocenters. The van der Waals surface area contributed by atoms with E-state index in [0.717, 1.165) is 0 Å². The van der Waals surface area contributed by atoms with Gasteiger partial charge in [-0.05, 0) is 38.1 Å². The lowest BCUT2D eigenvalue weighted by atomic mass is 10.1. The van der Waals surface area contributed by atoms with Gasteiger partial charge in [0.1, 0.15) is 15.7 Å². The number of rotatable bonds is 7. The first-order chi connectivity index (χ1) is 12.8. The van der Waals surface area contributed by atoms with Gasteiger partial charge in [0, 0.05) is 13.1 Å². The number of halogens is 2. The van der Waals surface area contributed by atoms with E-state index in [4.69, 9.17) is 27.9 Å². The first-order valence-electron chi connectivity index (χ1n) is 8.19. The van der Waals surface area contributed by atoms with Crippen molar-refractivity contribution in [2.45, 2.75) is 18.7 Å². The van der Waals surface area contributed by atoms with Crippen molar-refractivity contribution in [2.75, 3.05) is 24.9 Å². The molecular weight excluding hydrogens is 411 g/mol. The molecular formula is C18H20Cl2N2O4S. The molecule has 2 aromatic carbocycles. The summed E-state index contributed by atoms with van der Waals surface area (Å²) in [6, 6.07) is 9.11. The fourth-order valence-corrected chi connectivity index (χ4v) is 4.44. The molecule has 2 aromatic rings. The lowest BCUT2D eigenvalue weighted by Crippen LogP contribution is -2.31. The van der Waals surface area contributed by atoms with E-state index in [1.165, 1.54) is 25.3 Å². The molecule has 0 unspecified atom stereocenters. The third-order valence-corrected chi connectivity index (χ3v) is 6.36. The Morgan fingerprint density at radius 2 is 1.70 bits per heavy atom. The highest BCUT2D eigenvalue weighted by molar-refractivity contribution is 7.92. The molecule has 9 heteroatoms. The molecule has 0 aliphatic carbocycles. The van der Waals surface area contributed by atoms with Crippen molar-refractivity contribution in [1.29, 1.82) is 0 Å². The van der Waals surface area contributed by atoms with Crippen LogP contribution in [0.5, 0.6) is 5.75 Å². The van der Waals surface area contributed by atoms with Crippen molar-refractivity contribution in [3.63, 3.8) is 0 Å². The highest BCUT2D eigenvalue weighted by Gasteiger charge is 2.24. The zero-order valence-corrected chi connectivity index (χ0v) is 17.5. The zero-order chi connectivity index (χ0) is 20.2. The molecule has 0 saturated carbocycles. The predicted octanol–water partition coefficient (Wildman–Crippen LogP) is 4.28. The summed E-state index contributed by atoms with van der Waals surface area (Å²) in [5, 5.41) is -0.161. The summed E-state index contributed by atoms with van der Waals surface area (Å²) in [6.07, 6.45) is 0.